The van der Waals surface area contributed by atoms with E-state index in [1.54, 1.807) is 12.1 Å². The number of aryl methyl sites for hydroxylation is 1. The number of nitrogens with zero attached hydrogens (tertiary/aromatic N) is 2. The van der Waals surface area contributed by atoms with Crippen molar-refractivity contribution in [2.75, 3.05) is 0 Å². The molecule has 1 unspecified atom stereocenters. The first-order valence-corrected chi connectivity index (χ1v) is 9.58. The van der Waals surface area contributed by atoms with E-state index in [4.69, 9.17) is 0 Å². The molecule has 1 amide bonds. The molecule has 0 fully saturated rings. The maximum absolute atomic E-state index is 12.6. The second kappa shape index (κ2) is 7.84. The second-order valence-electron chi connectivity index (χ2n) is 6.43. The normalized spacial score (nSPS) is 12.1. The highest BCUT2D eigenvalue weighted by molar-refractivity contribution is 7.18. The summed E-state index contributed by atoms with van der Waals surface area (Å²) in [6.45, 7) is 5.32. The van der Waals surface area contributed by atoms with Crippen molar-refractivity contribution in [1.29, 1.82) is 0 Å². The minimum absolute atomic E-state index is 0.0559. The average Bonchev–Trinajstić information content (AvgIpc) is 3.08. The van der Waals surface area contributed by atoms with Crippen LogP contribution >= 0.6 is 11.3 Å². The van der Waals surface area contributed by atoms with Crippen LogP contribution in [0.4, 0.5) is 0 Å². The van der Waals surface area contributed by atoms with E-state index < -0.39 is 0 Å². The third-order valence-corrected chi connectivity index (χ3v) is 5.57. The molecule has 2 heterocycles. The molecular weight excluding hydrogens is 362 g/mol. The van der Waals surface area contributed by atoms with Crippen LogP contribution in [0.5, 0.6) is 0 Å². The van der Waals surface area contributed by atoms with Crippen LogP contribution in [0.2, 0.25) is 0 Å². The Hall–Kier alpha value is -2.80. The maximum atomic E-state index is 12.6. The van der Waals surface area contributed by atoms with Crippen molar-refractivity contribution in [3.63, 3.8) is 0 Å². The van der Waals surface area contributed by atoms with E-state index in [0.29, 0.717) is 15.8 Å². The Morgan fingerprint density at radius 2 is 1.96 bits per heavy atom. The monoisotopic (exact) mass is 383 g/mol. The van der Waals surface area contributed by atoms with Gasteiger partial charge in [0.25, 0.3) is 5.56 Å². The maximum Gasteiger partial charge on any atom is 0.262 e. The quantitative estimate of drug-likeness (QED) is 0.663. The van der Waals surface area contributed by atoms with Crippen LogP contribution in [0.1, 0.15) is 47.6 Å². The number of amides is 1. The highest BCUT2D eigenvalue weighted by Crippen LogP contribution is 2.21. The van der Waals surface area contributed by atoms with E-state index >= 15 is 0 Å². The molecule has 140 valence electrons. The Morgan fingerprint density at radius 3 is 2.59 bits per heavy atom. The summed E-state index contributed by atoms with van der Waals surface area (Å²) < 4.78 is 1.35. The molecule has 0 spiro atoms. The fraction of sp³-hybridized carbons (Fsp3) is 0.300. The predicted octanol–water partition coefficient (Wildman–Crippen LogP) is 3.10. The summed E-state index contributed by atoms with van der Waals surface area (Å²) >= 11 is 1.50. The van der Waals surface area contributed by atoms with Crippen LogP contribution < -0.4 is 10.9 Å². The predicted molar refractivity (Wildman–Crippen MR) is 106 cm³/mol. The molecule has 3 aromatic rings. The van der Waals surface area contributed by atoms with Gasteiger partial charge in [-0.3, -0.25) is 19.0 Å². The lowest BCUT2D eigenvalue weighted by atomic mass is 10.0. The number of ketones is 1. The lowest BCUT2D eigenvalue weighted by molar-refractivity contribution is -0.119. The van der Waals surface area contributed by atoms with E-state index in [1.807, 2.05) is 32.0 Å². The van der Waals surface area contributed by atoms with Gasteiger partial charge in [0.15, 0.2) is 5.78 Å². The Balaban J connectivity index is 1.79. The molecule has 27 heavy (non-hydrogen) atoms. The molecule has 0 saturated carbocycles. The number of hydrogen-bond donors (Lipinski definition) is 1. The van der Waals surface area contributed by atoms with E-state index in [0.717, 1.165) is 16.9 Å². The Labute approximate surface area is 160 Å². The number of hydrogen-bond acceptors (Lipinski definition) is 5. The van der Waals surface area contributed by atoms with Gasteiger partial charge in [-0.2, -0.15) is 0 Å². The van der Waals surface area contributed by atoms with Gasteiger partial charge in [0.05, 0.1) is 24.3 Å². The van der Waals surface area contributed by atoms with Gasteiger partial charge in [-0.25, -0.2) is 4.98 Å². The highest BCUT2D eigenvalue weighted by Gasteiger charge is 2.13. The van der Waals surface area contributed by atoms with Crippen molar-refractivity contribution in [3.8, 4) is 0 Å². The molecule has 0 aliphatic carbocycles. The van der Waals surface area contributed by atoms with Crippen LogP contribution in [-0.2, 0) is 17.8 Å². The summed E-state index contributed by atoms with van der Waals surface area (Å²) in [6, 6.07) is 8.77. The van der Waals surface area contributed by atoms with E-state index in [1.165, 1.54) is 29.2 Å². The first-order valence-electron chi connectivity index (χ1n) is 8.77. The number of thiophene rings is 1. The Kier molecular flexibility index (Phi) is 5.51. The van der Waals surface area contributed by atoms with Gasteiger partial charge < -0.3 is 5.32 Å². The minimum atomic E-state index is -0.194. The minimum Gasteiger partial charge on any atom is -0.350 e. The zero-order chi connectivity index (χ0) is 19.6. The number of nitrogens with one attached hydrogen (secondary N) is 1. The summed E-state index contributed by atoms with van der Waals surface area (Å²) in [7, 11) is 0. The smallest absolute Gasteiger partial charge is 0.262 e. The molecule has 1 N–H and O–H groups in total. The van der Waals surface area contributed by atoms with Gasteiger partial charge in [0.1, 0.15) is 4.83 Å². The highest BCUT2D eigenvalue weighted by atomic mass is 32.1. The molecule has 3 rings (SSSR count). The number of carbonyl (C=O) groups is 2. The molecule has 0 aliphatic heterocycles. The number of rotatable bonds is 6. The molecule has 0 radical (unpaired) electrons. The molecule has 2 aromatic heterocycles. The zero-order valence-corrected chi connectivity index (χ0v) is 16.3. The van der Waals surface area contributed by atoms with E-state index in [-0.39, 0.29) is 29.8 Å². The van der Waals surface area contributed by atoms with Gasteiger partial charge in [0.2, 0.25) is 5.91 Å². The standard InChI is InChI=1S/C20H21N3O3S/c1-4-16-9-17-19(27-16)21-11-23(20(17)26)10-18(25)15-7-5-14(6-8-15)12(2)22-13(3)24/h5-9,11-12H,4,10H2,1-3H3,(H,22,24). The Bertz CT molecular complexity index is 1050. The van der Waals surface area contributed by atoms with E-state index in [9.17, 15) is 14.4 Å². The van der Waals surface area contributed by atoms with Crippen molar-refractivity contribution in [3.05, 3.63) is 63.0 Å². The van der Waals surface area contributed by atoms with Crippen molar-refractivity contribution < 1.29 is 9.59 Å². The molecule has 1 aromatic carbocycles. The van der Waals surface area contributed by atoms with Crippen LogP contribution in [0, 0.1) is 0 Å². The summed E-state index contributed by atoms with van der Waals surface area (Å²) in [5.74, 6) is -0.271. The lowest BCUT2D eigenvalue weighted by Gasteiger charge is -2.13. The van der Waals surface area contributed by atoms with Crippen molar-refractivity contribution in [2.24, 2.45) is 0 Å². The van der Waals surface area contributed by atoms with Crippen LogP contribution in [-0.4, -0.2) is 21.2 Å². The summed E-state index contributed by atoms with van der Waals surface area (Å²) in [4.78, 5) is 42.4. The SMILES string of the molecule is CCc1cc2c(=O)n(CC(=O)c3ccc(C(C)NC(C)=O)cc3)cnc2s1. The molecule has 0 aliphatic rings. The Morgan fingerprint density at radius 1 is 1.26 bits per heavy atom. The number of fused-ring (bicyclic) bond motifs is 1. The molecule has 0 saturated heterocycles. The summed E-state index contributed by atoms with van der Waals surface area (Å²) in [6.07, 6.45) is 2.29. The van der Waals surface area contributed by atoms with E-state index in [2.05, 4.69) is 10.3 Å². The van der Waals surface area contributed by atoms with Gasteiger partial charge in [-0.15, -0.1) is 11.3 Å². The number of aromatic nitrogens is 2. The fourth-order valence-corrected chi connectivity index (χ4v) is 3.81. The topological polar surface area (TPSA) is 81.1 Å². The number of Topliss-reactive ketones (excluding diaryl/α,β-unsaturated/α-hetero) is 1. The third-order valence-electron chi connectivity index (χ3n) is 4.38. The molecule has 1 atom stereocenters. The molecular formula is C20H21N3O3S. The lowest BCUT2D eigenvalue weighted by Crippen LogP contribution is -2.24. The second-order valence-corrected chi connectivity index (χ2v) is 7.55. The first-order chi connectivity index (χ1) is 12.9. The van der Waals surface area contributed by atoms with Crippen LogP contribution in [0.15, 0.2) is 41.5 Å². The number of benzene rings is 1. The van der Waals surface area contributed by atoms with Gasteiger partial charge >= 0.3 is 0 Å². The third kappa shape index (κ3) is 4.14. The molecule has 0 bridgehead atoms. The number of carbonyl (C=O) groups excluding carboxylic acids is 2. The fourth-order valence-electron chi connectivity index (χ4n) is 2.89. The first kappa shape index (κ1) is 19.0. The van der Waals surface area contributed by atoms with Crippen LogP contribution in [0.3, 0.4) is 0 Å². The van der Waals surface area contributed by atoms with Gasteiger partial charge in [-0.1, -0.05) is 31.2 Å². The van der Waals surface area contributed by atoms with Gasteiger partial charge in [-0.05, 0) is 25.0 Å². The summed E-state index contributed by atoms with van der Waals surface area (Å²) in [5.41, 5.74) is 1.23. The largest absolute Gasteiger partial charge is 0.350 e. The van der Waals surface area contributed by atoms with Crippen molar-refractivity contribution >= 4 is 33.2 Å². The molecule has 6 nitrogen and oxygen atoms in total. The van der Waals surface area contributed by atoms with Crippen LogP contribution in [0.25, 0.3) is 10.2 Å². The zero-order valence-electron chi connectivity index (χ0n) is 15.5. The average molecular weight is 383 g/mol. The summed E-state index contributed by atoms with van der Waals surface area (Å²) in [5, 5.41) is 3.36. The molecule has 7 heteroatoms. The van der Waals surface area contributed by atoms with Crippen molar-refractivity contribution in [2.45, 2.75) is 39.8 Å². The van der Waals surface area contributed by atoms with Crippen molar-refractivity contribution in [1.82, 2.24) is 14.9 Å². The van der Waals surface area contributed by atoms with Gasteiger partial charge in [0, 0.05) is 17.4 Å².